The molecule has 2 fully saturated rings. The molecule has 0 saturated heterocycles. The summed E-state index contributed by atoms with van der Waals surface area (Å²) in [6.07, 6.45) is 3.09. The van der Waals surface area contributed by atoms with Crippen LogP contribution < -0.4 is 0 Å². The molecule has 0 aromatic heterocycles. The van der Waals surface area contributed by atoms with E-state index < -0.39 is 0 Å². The van der Waals surface area contributed by atoms with Crippen molar-refractivity contribution in [2.75, 3.05) is 0 Å². The summed E-state index contributed by atoms with van der Waals surface area (Å²) in [6, 6.07) is 0. The van der Waals surface area contributed by atoms with Gasteiger partial charge in [-0.3, -0.25) is 0 Å². The predicted octanol–water partition coefficient (Wildman–Crippen LogP) is 1.94. The Morgan fingerprint density at radius 2 is 1.79 bits per heavy atom. The van der Waals surface area contributed by atoms with Crippen molar-refractivity contribution in [3.63, 3.8) is 0 Å². The highest BCUT2D eigenvalue weighted by molar-refractivity contribution is 5.05. The highest BCUT2D eigenvalue weighted by Gasteiger charge is 2.56. The summed E-state index contributed by atoms with van der Waals surface area (Å²) in [7, 11) is 0. The second-order valence-electron chi connectivity index (χ2n) is 6.09. The molecule has 2 N–H and O–H groups in total. The van der Waals surface area contributed by atoms with Crippen LogP contribution in [0, 0.1) is 16.7 Å². The zero-order valence-corrected chi connectivity index (χ0v) is 9.45. The molecule has 2 aliphatic rings. The quantitative estimate of drug-likeness (QED) is 0.624. The van der Waals surface area contributed by atoms with Crippen molar-refractivity contribution >= 4 is 0 Å². The first kappa shape index (κ1) is 10.4. The van der Waals surface area contributed by atoms with E-state index in [4.69, 9.17) is 0 Å². The molecule has 0 heterocycles. The molecule has 4 atom stereocenters. The average Bonchev–Trinajstić information content (AvgIpc) is 2.18. The Balaban J connectivity index is 2.36. The zero-order valence-electron chi connectivity index (χ0n) is 9.45. The third-order valence-corrected chi connectivity index (χ3v) is 5.15. The fourth-order valence-corrected chi connectivity index (χ4v) is 3.69. The van der Waals surface area contributed by atoms with Crippen LogP contribution in [0.2, 0.25) is 0 Å². The van der Waals surface area contributed by atoms with Gasteiger partial charge in [-0.2, -0.15) is 0 Å². The van der Waals surface area contributed by atoms with Gasteiger partial charge in [-0.25, -0.2) is 0 Å². The average molecular weight is 198 g/mol. The number of hydrogen-bond acceptors (Lipinski definition) is 2. The van der Waals surface area contributed by atoms with Gasteiger partial charge in [0, 0.05) is 0 Å². The summed E-state index contributed by atoms with van der Waals surface area (Å²) in [6.45, 7) is 6.78. The Hall–Kier alpha value is -0.0800. The maximum absolute atomic E-state index is 10.0. The van der Waals surface area contributed by atoms with Gasteiger partial charge >= 0.3 is 0 Å². The summed E-state index contributed by atoms with van der Waals surface area (Å²) in [5, 5.41) is 19.9. The number of hydrogen-bond donors (Lipinski definition) is 2. The van der Waals surface area contributed by atoms with Gasteiger partial charge < -0.3 is 10.2 Å². The van der Waals surface area contributed by atoms with Crippen molar-refractivity contribution in [2.45, 2.75) is 58.7 Å². The van der Waals surface area contributed by atoms with Crippen LogP contribution in [0.15, 0.2) is 0 Å². The standard InChI is InChI=1S/C12H22O2/c1-11(2)9-4-5-12(11,3)7-8(13)6-10(9)14/h8-10,13-14H,4-7H2,1-3H3. The van der Waals surface area contributed by atoms with E-state index >= 15 is 0 Å². The fourth-order valence-electron chi connectivity index (χ4n) is 3.69. The van der Waals surface area contributed by atoms with Crippen LogP contribution in [-0.2, 0) is 0 Å². The fraction of sp³-hybridized carbons (Fsp3) is 1.00. The largest absolute Gasteiger partial charge is 0.393 e. The van der Waals surface area contributed by atoms with Gasteiger partial charge in [-0.15, -0.1) is 0 Å². The normalized spacial score (nSPS) is 51.6. The third kappa shape index (κ3) is 1.24. The summed E-state index contributed by atoms with van der Waals surface area (Å²) in [5.74, 6) is 0.379. The molecule has 2 saturated carbocycles. The molecule has 82 valence electrons. The maximum atomic E-state index is 10.0. The van der Waals surface area contributed by atoms with Crippen molar-refractivity contribution in [1.82, 2.24) is 0 Å². The molecular formula is C12H22O2. The Morgan fingerprint density at radius 1 is 1.14 bits per heavy atom. The van der Waals surface area contributed by atoms with Crippen molar-refractivity contribution < 1.29 is 10.2 Å². The lowest BCUT2D eigenvalue weighted by molar-refractivity contribution is 0.0213. The number of aliphatic hydroxyl groups is 2. The van der Waals surface area contributed by atoms with Crippen molar-refractivity contribution in [1.29, 1.82) is 0 Å². The summed E-state index contributed by atoms with van der Waals surface area (Å²) < 4.78 is 0. The second kappa shape index (κ2) is 2.96. The highest BCUT2D eigenvalue weighted by atomic mass is 16.3. The molecule has 0 amide bonds. The van der Waals surface area contributed by atoms with E-state index in [-0.39, 0.29) is 23.0 Å². The second-order valence-corrected chi connectivity index (χ2v) is 6.09. The van der Waals surface area contributed by atoms with Crippen molar-refractivity contribution in [3.05, 3.63) is 0 Å². The Labute approximate surface area is 86.3 Å². The molecule has 0 aliphatic heterocycles. The third-order valence-electron chi connectivity index (χ3n) is 5.15. The Kier molecular flexibility index (Phi) is 2.20. The molecule has 2 nitrogen and oxygen atoms in total. The van der Waals surface area contributed by atoms with Crippen LogP contribution in [0.5, 0.6) is 0 Å². The molecule has 2 aliphatic carbocycles. The molecule has 2 rings (SSSR count). The lowest BCUT2D eigenvalue weighted by atomic mass is 9.64. The summed E-state index contributed by atoms with van der Waals surface area (Å²) in [5.41, 5.74) is 0.387. The van der Waals surface area contributed by atoms with Gasteiger partial charge in [0.15, 0.2) is 0 Å². The van der Waals surface area contributed by atoms with Gasteiger partial charge in [0.25, 0.3) is 0 Å². The van der Waals surface area contributed by atoms with Crippen molar-refractivity contribution in [2.24, 2.45) is 16.7 Å². The van der Waals surface area contributed by atoms with E-state index in [1.807, 2.05) is 0 Å². The van der Waals surface area contributed by atoms with E-state index in [0.29, 0.717) is 12.3 Å². The van der Waals surface area contributed by atoms with E-state index in [1.54, 1.807) is 0 Å². The predicted molar refractivity (Wildman–Crippen MR) is 55.9 cm³/mol. The lowest BCUT2D eigenvalue weighted by Gasteiger charge is -2.41. The highest BCUT2D eigenvalue weighted by Crippen LogP contribution is 2.61. The minimum absolute atomic E-state index is 0.171. The minimum atomic E-state index is -0.306. The Morgan fingerprint density at radius 3 is 2.43 bits per heavy atom. The first-order valence-electron chi connectivity index (χ1n) is 5.73. The molecule has 14 heavy (non-hydrogen) atoms. The topological polar surface area (TPSA) is 40.5 Å². The first-order chi connectivity index (χ1) is 6.37. The molecule has 0 aromatic rings. The molecule has 2 heteroatoms. The molecule has 0 radical (unpaired) electrons. The lowest BCUT2D eigenvalue weighted by Crippen LogP contribution is -2.36. The number of fused-ring (bicyclic) bond motifs is 2. The van der Waals surface area contributed by atoms with Crippen LogP contribution in [0.25, 0.3) is 0 Å². The molecule has 0 aromatic carbocycles. The van der Waals surface area contributed by atoms with Gasteiger partial charge in [0.2, 0.25) is 0 Å². The molecule has 2 bridgehead atoms. The summed E-state index contributed by atoms with van der Waals surface area (Å²) in [4.78, 5) is 0. The number of rotatable bonds is 0. The van der Waals surface area contributed by atoms with Crippen molar-refractivity contribution in [3.8, 4) is 0 Å². The summed E-state index contributed by atoms with van der Waals surface area (Å²) >= 11 is 0. The van der Waals surface area contributed by atoms with Crippen LogP contribution >= 0.6 is 0 Å². The molecular weight excluding hydrogens is 176 g/mol. The van der Waals surface area contributed by atoms with Gasteiger partial charge in [-0.1, -0.05) is 20.8 Å². The van der Waals surface area contributed by atoms with Gasteiger partial charge in [0.1, 0.15) is 0 Å². The van der Waals surface area contributed by atoms with Gasteiger partial charge in [0.05, 0.1) is 12.2 Å². The van der Waals surface area contributed by atoms with Gasteiger partial charge in [-0.05, 0) is 42.4 Å². The Bertz CT molecular complexity index is 234. The smallest absolute Gasteiger partial charge is 0.0598 e. The van der Waals surface area contributed by atoms with Crippen LogP contribution in [0.1, 0.15) is 46.5 Å². The monoisotopic (exact) mass is 198 g/mol. The van der Waals surface area contributed by atoms with Crippen LogP contribution in [0.3, 0.4) is 0 Å². The minimum Gasteiger partial charge on any atom is -0.393 e. The van der Waals surface area contributed by atoms with E-state index in [2.05, 4.69) is 20.8 Å². The van der Waals surface area contributed by atoms with E-state index in [1.165, 1.54) is 0 Å². The number of aliphatic hydroxyl groups excluding tert-OH is 2. The van der Waals surface area contributed by atoms with E-state index in [9.17, 15) is 10.2 Å². The van der Waals surface area contributed by atoms with Crippen LogP contribution in [-0.4, -0.2) is 22.4 Å². The van der Waals surface area contributed by atoms with Crippen LogP contribution in [0.4, 0.5) is 0 Å². The molecule has 0 spiro atoms. The zero-order chi connectivity index (χ0) is 10.6. The molecule has 4 unspecified atom stereocenters. The van der Waals surface area contributed by atoms with E-state index in [0.717, 1.165) is 19.3 Å². The maximum Gasteiger partial charge on any atom is 0.0598 e. The first-order valence-corrected chi connectivity index (χ1v) is 5.73. The SMILES string of the molecule is CC12CCC(C(O)CC(O)C1)C2(C)C.